The SMILES string of the molecule is CCCOc1ccc(CNC(=O)[C@@H]2CCC[C@@H]2CN)cc1.Cl. The molecule has 1 saturated carbocycles. The fourth-order valence-electron chi connectivity index (χ4n) is 2.91. The van der Waals surface area contributed by atoms with Crippen LogP contribution in [0, 0.1) is 11.8 Å². The second kappa shape index (κ2) is 9.70. The monoisotopic (exact) mass is 326 g/mol. The molecule has 124 valence electrons. The smallest absolute Gasteiger partial charge is 0.223 e. The molecule has 0 unspecified atom stereocenters. The molecule has 22 heavy (non-hydrogen) atoms. The fourth-order valence-corrected chi connectivity index (χ4v) is 2.91. The summed E-state index contributed by atoms with van der Waals surface area (Å²) in [5, 5.41) is 3.03. The van der Waals surface area contributed by atoms with Gasteiger partial charge in [0.2, 0.25) is 5.91 Å². The number of rotatable bonds is 7. The van der Waals surface area contributed by atoms with Crippen molar-refractivity contribution in [2.75, 3.05) is 13.2 Å². The number of carbonyl (C=O) groups excluding carboxylic acids is 1. The van der Waals surface area contributed by atoms with Crippen LogP contribution >= 0.6 is 12.4 Å². The van der Waals surface area contributed by atoms with Crippen LogP contribution in [-0.2, 0) is 11.3 Å². The minimum absolute atomic E-state index is 0. The Labute approximate surface area is 139 Å². The third-order valence-corrected chi connectivity index (χ3v) is 4.16. The lowest BCUT2D eigenvalue weighted by atomic mass is 9.95. The first kappa shape index (κ1) is 18.8. The number of benzene rings is 1. The summed E-state index contributed by atoms with van der Waals surface area (Å²) in [7, 11) is 0. The Bertz CT molecular complexity index is 450. The average Bonchev–Trinajstić information content (AvgIpc) is 3.00. The summed E-state index contributed by atoms with van der Waals surface area (Å²) in [6, 6.07) is 7.91. The molecule has 2 atom stereocenters. The predicted octanol–water partition coefficient (Wildman–Crippen LogP) is 2.89. The van der Waals surface area contributed by atoms with Crippen molar-refractivity contribution in [2.45, 2.75) is 39.2 Å². The van der Waals surface area contributed by atoms with E-state index < -0.39 is 0 Å². The van der Waals surface area contributed by atoms with E-state index in [2.05, 4.69) is 12.2 Å². The van der Waals surface area contributed by atoms with Crippen molar-refractivity contribution >= 4 is 18.3 Å². The number of nitrogens with two attached hydrogens (primary N) is 1. The van der Waals surface area contributed by atoms with Gasteiger partial charge in [0, 0.05) is 12.5 Å². The molecule has 0 spiro atoms. The van der Waals surface area contributed by atoms with Crippen LogP contribution in [0.15, 0.2) is 24.3 Å². The van der Waals surface area contributed by atoms with Crippen molar-refractivity contribution in [3.8, 4) is 5.75 Å². The van der Waals surface area contributed by atoms with Crippen molar-refractivity contribution in [1.29, 1.82) is 0 Å². The van der Waals surface area contributed by atoms with Gasteiger partial charge < -0.3 is 15.8 Å². The van der Waals surface area contributed by atoms with Crippen LogP contribution in [0.2, 0.25) is 0 Å². The first-order chi connectivity index (χ1) is 10.2. The van der Waals surface area contributed by atoms with E-state index in [0.29, 0.717) is 19.0 Å². The zero-order valence-corrected chi connectivity index (χ0v) is 14.0. The van der Waals surface area contributed by atoms with Gasteiger partial charge >= 0.3 is 0 Å². The average molecular weight is 327 g/mol. The Kier molecular flexibility index (Phi) is 8.28. The molecule has 5 heteroatoms. The Hall–Kier alpha value is -1.26. The zero-order chi connectivity index (χ0) is 15.1. The minimum atomic E-state index is 0. The van der Waals surface area contributed by atoms with E-state index in [0.717, 1.165) is 43.6 Å². The topological polar surface area (TPSA) is 64.3 Å². The second-order valence-corrected chi connectivity index (χ2v) is 5.74. The quantitative estimate of drug-likeness (QED) is 0.809. The summed E-state index contributed by atoms with van der Waals surface area (Å²) in [5.41, 5.74) is 6.82. The van der Waals surface area contributed by atoms with E-state index in [9.17, 15) is 4.79 Å². The van der Waals surface area contributed by atoms with E-state index in [-0.39, 0.29) is 24.2 Å². The molecule has 1 aromatic carbocycles. The van der Waals surface area contributed by atoms with Gasteiger partial charge in [-0.15, -0.1) is 12.4 Å². The van der Waals surface area contributed by atoms with Crippen LogP contribution in [0.3, 0.4) is 0 Å². The number of carbonyl (C=O) groups is 1. The first-order valence-corrected chi connectivity index (χ1v) is 7.94. The molecule has 4 nitrogen and oxygen atoms in total. The first-order valence-electron chi connectivity index (χ1n) is 7.94. The van der Waals surface area contributed by atoms with Crippen molar-refractivity contribution in [3.05, 3.63) is 29.8 Å². The summed E-state index contributed by atoms with van der Waals surface area (Å²) >= 11 is 0. The van der Waals surface area contributed by atoms with Crippen LogP contribution in [0.1, 0.15) is 38.2 Å². The molecule has 0 bridgehead atoms. The fraction of sp³-hybridized carbons (Fsp3) is 0.588. The molecule has 0 saturated heterocycles. The third kappa shape index (κ3) is 5.18. The molecule has 1 amide bonds. The molecule has 0 radical (unpaired) electrons. The molecule has 3 N–H and O–H groups in total. The van der Waals surface area contributed by atoms with Crippen molar-refractivity contribution in [3.63, 3.8) is 0 Å². The van der Waals surface area contributed by atoms with Gasteiger partial charge in [-0.1, -0.05) is 25.5 Å². The van der Waals surface area contributed by atoms with E-state index >= 15 is 0 Å². The Morgan fingerprint density at radius 1 is 1.32 bits per heavy atom. The highest BCUT2D eigenvalue weighted by Crippen LogP contribution is 2.31. The largest absolute Gasteiger partial charge is 0.494 e. The van der Waals surface area contributed by atoms with Gasteiger partial charge in [-0.05, 0) is 49.4 Å². The highest BCUT2D eigenvalue weighted by atomic mass is 35.5. The molecule has 2 rings (SSSR count). The number of hydrogen-bond acceptors (Lipinski definition) is 3. The molecule has 1 aliphatic rings. The van der Waals surface area contributed by atoms with Gasteiger partial charge in [0.1, 0.15) is 5.75 Å². The number of ether oxygens (including phenoxy) is 1. The lowest BCUT2D eigenvalue weighted by Gasteiger charge is -2.17. The van der Waals surface area contributed by atoms with Crippen LogP contribution in [0.5, 0.6) is 5.75 Å². The van der Waals surface area contributed by atoms with Gasteiger partial charge in [0.15, 0.2) is 0 Å². The number of halogens is 1. The number of nitrogens with one attached hydrogen (secondary N) is 1. The Balaban J connectivity index is 0.00000242. The zero-order valence-electron chi connectivity index (χ0n) is 13.2. The Morgan fingerprint density at radius 3 is 2.68 bits per heavy atom. The van der Waals surface area contributed by atoms with Crippen LogP contribution in [0.4, 0.5) is 0 Å². The molecule has 0 aliphatic heterocycles. The molecule has 0 aromatic heterocycles. The van der Waals surface area contributed by atoms with Crippen molar-refractivity contribution < 1.29 is 9.53 Å². The van der Waals surface area contributed by atoms with Gasteiger partial charge in [-0.25, -0.2) is 0 Å². The third-order valence-electron chi connectivity index (χ3n) is 4.16. The Morgan fingerprint density at radius 2 is 2.05 bits per heavy atom. The summed E-state index contributed by atoms with van der Waals surface area (Å²) in [5.74, 6) is 1.48. The van der Waals surface area contributed by atoms with E-state index in [1.807, 2.05) is 24.3 Å². The summed E-state index contributed by atoms with van der Waals surface area (Å²) in [6.07, 6.45) is 4.17. The van der Waals surface area contributed by atoms with Crippen LogP contribution < -0.4 is 15.8 Å². The molecular weight excluding hydrogens is 300 g/mol. The molecule has 0 heterocycles. The molecule has 1 aromatic rings. The van der Waals surface area contributed by atoms with Gasteiger partial charge in [-0.2, -0.15) is 0 Å². The number of hydrogen-bond donors (Lipinski definition) is 2. The highest BCUT2D eigenvalue weighted by Gasteiger charge is 2.31. The van der Waals surface area contributed by atoms with Crippen LogP contribution in [-0.4, -0.2) is 19.1 Å². The van der Waals surface area contributed by atoms with Crippen LogP contribution in [0.25, 0.3) is 0 Å². The maximum Gasteiger partial charge on any atom is 0.223 e. The second-order valence-electron chi connectivity index (χ2n) is 5.74. The maximum atomic E-state index is 12.2. The van der Waals surface area contributed by atoms with Crippen molar-refractivity contribution in [2.24, 2.45) is 17.6 Å². The minimum Gasteiger partial charge on any atom is -0.494 e. The van der Waals surface area contributed by atoms with E-state index in [4.69, 9.17) is 10.5 Å². The summed E-state index contributed by atoms with van der Waals surface area (Å²) in [6.45, 7) is 4.00. The summed E-state index contributed by atoms with van der Waals surface area (Å²) < 4.78 is 5.54. The van der Waals surface area contributed by atoms with E-state index in [1.165, 1.54) is 0 Å². The highest BCUT2D eigenvalue weighted by molar-refractivity contribution is 5.85. The maximum absolute atomic E-state index is 12.2. The van der Waals surface area contributed by atoms with Gasteiger partial charge in [0.25, 0.3) is 0 Å². The molecule has 1 fully saturated rings. The van der Waals surface area contributed by atoms with Crippen molar-refractivity contribution in [1.82, 2.24) is 5.32 Å². The molecular formula is C17H27ClN2O2. The standard InChI is InChI=1S/C17H26N2O2.ClH/c1-2-10-21-15-8-6-13(7-9-15)12-19-17(20)16-5-3-4-14(16)11-18;/h6-9,14,16H,2-5,10-12,18H2,1H3,(H,19,20);1H/t14-,16-;/m1./s1. The van der Waals surface area contributed by atoms with E-state index in [1.54, 1.807) is 0 Å². The summed E-state index contributed by atoms with van der Waals surface area (Å²) in [4.78, 5) is 12.2. The van der Waals surface area contributed by atoms with Gasteiger partial charge in [0.05, 0.1) is 6.61 Å². The number of amides is 1. The normalized spacial score (nSPS) is 20.3. The lowest BCUT2D eigenvalue weighted by molar-refractivity contribution is -0.126. The predicted molar refractivity (Wildman–Crippen MR) is 91.2 cm³/mol. The van der Waals surface area contributed by atoms with Gasteiger partial charge in [-0.3, -0.25) is 4.79 Å². The lowest BCUT2D eigenvalue weighted by Crippen LogP contribution is -2.34. The molecule has 1 aliphatic carbocycles.